The zero-order chi connectivity index (χ0) is 18.5. The minimum atomic E-state index is -0.0428. The van der Waals surface area contributed by atoms with E-state index in [-0.39, 0.29) is 5.91 Å². The molecule has 0 aliphatic carbocycles. The van der Waals surface area contributed by atoms with E-state index in [0.717, 1.165) is 38.3 Å². The number of benzene rings is 2. The normalized spacial score (nSPS) is 15.5. The average Bonchev–Trinajstić information content (AvgIpc) is 3.10. The summed E-state index contributed by atoms with van der Waals surface area (Å²) in [6.45, 7) is 4.25. The average molecular weight is 361 g/mol. The van der Waals surface area contributed by atoms with Gasteiger partial charge in [0.2, 0.25) is 0 Å². The highest BCUT2D eigenvalue weighted by Gasteiger charge is 2.22. The number of aromatic nitrogens is 3. The van der Waals surface area contributed by atoms with E-state index in [1.54, 1.807) is 6.20 Å². The predicted octanol–water partition coefficient (Wildman–Crippen LogP) is 2.62. The SMILES string of the molecule is O=C(c1cnn(-c2ccccc2)n1)N1CCCN(Cc2ccccc2)CC1. The van der Waals surface area contributed by atoms with Crippen LogP contribution in [0.4, 0.5) is 0 Å². The van der Waals surface area contributed by atoms with Gasteiger partial charge in [-0.25, -0.2) is 0 Å². The van der Waals surface area contributed by atoms with Crippen LogP contribution < -0.4 is 0 Å². The van der Waals surface area contributed by atoms with Crippen LogP contribution in [0.3, 0.4) is 0 Å². The Bertz CT molecular complexity index is 878. The second-order valence-corrected chi connectivity index (χ2v) is 6.76. The first-order valence-electron chi connectivity index (χ1n) is 9.33. The maximum absolute atomic E-state index is 12.9. The summed E-state index contributed by atoms with van der Waals surface area (Å²) in [6.07, 6.45) is 2.52. The Balaban J connectivity index is 1.39. The molecule has 1 saturated heterocycles. The first-order chi connectivity index (χ1) is 13.3. The van der Waals surface area contributed by atoms with E-state index < -0.39 is 0 Å². The van der Waals surface area contributed by atoms with Gasteiger partial charge in [0.25, 0.3) is 5.91 Å². The quantitative estimate of drug-likeness (QED) is 0.717. The molecule has 1 aliphatic heterocycles. The highest BCUT2D eigenvalue weighted by Crippen LogP contribution is 2.12. The van der Waals surface area contributed by atoms with Gasteiger partial charge in [-0.15, -0.1) is 5.10 Å². The van der Waals surface area contributed by atoms with Gasteiger partial charge in [0.1, 0.15) is 0 Å². The van der Waals surface area contributed by atoms with Gasteiger partial charge in [-0.05, 0) is 24.1 Å². The molecule has 2 heterocycles. The van der Waals surface area contributed by atoms with Crippen molar-refractivity contribution in [3.05, 3.63) is 78.1 Å². The van der Waals surface area contributed by atoms with Crippen molar-refractivity contribution in [3.63, 3.8) is 0 Å². The molecule has 0 unspecified atom stereocenters. The molecule has 3 aromatic rings. The molecule has 6 heteroatoms. The monoisotopic (exact) mass is 361 g/mol. The fraction of sp³-hybridized carbons (Fsp3) is 0.286. The van der Waals surface area contributed by atoms with E-state index in [1.807, 2.05) is 41.3 Å². The first kappa shape index (κ1) is 17.4. The number of carbonyl (C=O) groups is 1. The van der Waals surface area contributed by atoms with E-state index in [9.17, 15) is 4.79 Å². The molecule has 0 radical (unpaired) electrons. The van der Waals surface area contributed by atoms with Gasteiger partial charge in [0.05, 0.1) is 11.9 Å². The molecule has 6 nitrogen and oxygen atoms in total. The number of rotatable bonds is 4. The molecule has 0 spiro atoms. The molecule has 138 valence electrons. The van der Waals surface area contributed by atoms with E-state index >= 15 is 0 Å². The molecule has 0 bridgehead atoms. The number of hydrogen-bond donors (Lipinski definition) is 0. The van der Waals surface area contributed by atoms with Crippen molar-refractivity contribution in [1.82, 2.24) is 24.8 Å². The second kappa shape index (κ2) is 8.14. The molecule has 4 rings (SSSR count). The Labute approximate surface area is 159 Å². The molecular formula is C21H23N5O. The summed E-state index contributed by atoms with van der Waals surface area (Å²) in [4.78, 5) is 18.7. The highest BCUT2D eigenvalue weighted by molar-refractivity contribution is 5.92. The third-order valence-corrected chi connectivity index (χ3v) is 4.82. The van der Waals surface area contributed by atoms with Crippen LogP contribution in [0, 0.1) is 0 Å². The number of nitrogens with zero attached hydrogens (tertiary/aromatic N) is 5. The van der Waals surface area contributed by atoms with Crippen LogP contribution in [0.25, 0.3) is 5.69 Å². The molecule has 1 aromatic heterocycles. The van der Waals surface area contributed by atoms with Gasteiger partial charge < -0.3 is 4.90 Å². The number of hydrogen-bond acceptors (Lipinski definition) is 4. The first-order valence-corrected chi connectivity index (χ1v) is 9.33. The lowest BCUT2D eigenvalue weighted by Crippen LogP contribution is -2.35. The summed E-state index contributed by atoms with van der Waals surface area (Å²) in [5.41, 5.74) is 2.56. The lowest BCUT2D eigenvalue weighted by Gasteiger charge is -2.21. The number of para-hydroxylation sites is 1. The summed E-state index contributed by atoms with van der Waals surface area (Å²) < 4.78 is 0. The Morgan fingerprint density at radius 1 is 0.889 bits per heavy atom. The van der Waals surface area contributed by atoms with Crippen molar-refractivity contribution in [1.29, 1.82) is 0 Å². The lowest BCUT2D eigenvalue weighted by atomic mass is 10.2. The van der Waals surface area contributed by atoms with Crippen LogP contribution in [0.1, 0.15) is 22.5 Å². The molecule has 0 saturated carbocycles. The fourth-order valence-electron chi connectivity index (χ4n) is 3.38. The molecular weight excluding hydrogens is 338 g/mol. The van der Waals surface area contributed by atoms with Crippen LogP contribution >= 0.6 is 0 Å². The van der Waals surface area contributed by atoms with Crippen molar-refractivity contribution in [2.45, 2.75) is 13.0 Å². The Kier molecular flexibility index (Phi) is 5.25. The minimum Gasteiger partial charge on any atom is -0.336 e. The third-order valence-electron chi connectivity index (χ3n) is 4.82. The second-order valence-electron chi connectivity index (χ2n) is 6.76. The van der Waals surface area contributed by atoms with Crippen LogP contribution in [-0.4, -0.2) is 56.9 Å². The molecule has 2 aromatic carbocycles. The Morgan fingerprint density at radius 2 is 1.63 bits per heavy atom. The van der Waals surface area contributed by atoms with Gasteiger partial charge in [-0.1, -0.05) is 48.5 Å². The topological polar surface area (TPSA) is 54.3 Å². The standard InChI is InChI=1S/C21H23N5O/c27-21(20-16-22-26(23-20)19-10-5-2-6-11-19)25-13-7-12-24(14-15-25)17-18-8-3-1-4-9-18/h1-6,8-11,16H,7,12-15,17H2. The zero-order valence-electron chi connectivity index (χ0n) is 15.2. The fourth-order valence-corrected chi connectivity index (χ4v) is 3.38. The molecule has 1 fully saturated rings. The van der Waals surface area contributed by atoms with E-state index in [2.05, 4.69) is 39.4 Å². The predicted molar refractivity (Wildman–Crippen MR) is 104 cm³/mol. The summed E-state index contributed by atoms with van der Waals surface area (Å²) >= 11 is 0. The van der Waals surface area contributed by atoms with E-state index in [4.69, 9.17) is 0 Å². The number of carbonyl (C=O) groups excluding carboxylic acids is 1. The van der Waals surface area contributed by atoms with Gasteiger partial charge >= 0.3 is 0 Å². The van der Waals surface area contributed by atoms with Crippen LogP contribution in [0.2, 0.25) is 0 Å². The molecule has 1 amide bonds. The zero-order valence-corrected chi connectivity index (χ0v) is 15.2. The van der Waals surface area contributed by atoms with Crippen LogP contribution in [0.15, 0.2) is 66.9 Å². The summed E-state index contributed by atoms with van der Waals surface area (Å²) in [5, 5.41) is 8.62. The summed E-state index contributed by atoms with van der Waals surface area (Å²) in [6, 6.07) is 20.1. The Hall–Kier alpha value is -2.99. The smallest absolute Gasteiger partial charge is 0.276 e. The maximum Gasteiger partial charge on any atom is 0.276 e. The van der Waals surface area contributed by atoms with Crippen molar-refractivity contribution in [3.8, 4) is 5.69 Å². The molecule has 27 heavy (non-hydrogen) atoms. The number of amides is 1. The summed E-state index contributed by atoms with van der Waals surface area (Å²) in [5.74, 6) is -0.0428. The lowest BCUT2D eigenvalue weighted by molar-refractivity contribution is 0.0754. The van der Waals surface area contributed by atoms with Gasteiger partial charge in [0, 0.05) is 32.7 Å². The highest BCUT2D eigenvalue weighted by atomic mass is 16.2. The largest absolute Gasteiger partial charge is 0.336 e. The van der Waals surface area contributed by atoms with E-state index in [1.165, 1.54) is 10.4 Å². The van der Waals surface area contributed by atoms with Gasteiger partial charge in [0.15, 0.2) is 5.69 Å². The molecule has 0 N–H and O–H groups in total. The maximum atomic E-state index is 12.9. The van der Waals surface area contributed by atoms with Crippen LogP contribution in [0.5, 0.6) is 0 Å². The van der Waals surface area contributed by atoms with Crippen molar-refractivity contribution in [2.75, 3.05) is 26.2 Å². The van der Waals surface area contributed by atoms with Crippen LogP contribution in [-0.2, 0) is 6.54 Å². The third kappa shape index (κ3) is 4.23. The summed E-state index contributed by atoms with van der Waals surface area (Å²) in [7, 11) is 0. The minimum absolute atomic E-state index is 0.0428. The Morgan fingerprint density at radius 3 is 2.41 bits per heavy atom. The van der Waals surface area contributed by atoms with E-state index in [0.29, 0.717) is 12.2 Å². The molecule has 0 atom stereocenters. The van der Waals surface area contributed by atoms with Gasteiger partial charge in [-0.2, -0.15) is 9.90 Å². The van der Waals surface area contributed by atoms with Crippen molar-refractivity contribution < 1.29 is 4.79 Å². The molecule has 1 aliphatic rings. The van der Waals surface area contributed by atoms with Gasteiger partial charge in [-0.3, -0.25) is 9.69 Å². The van der Waals surface area contributed by atoms with Crippen molar-refractivity contribution >= 4 is 5.91 Å². The van der Waals surface area contributed by atoms with Crippen molar-refractivity contribution in [2.24, 2.45) is 0 Å².